The average molecular weight is 243 g/mol. The summed E-state index contributed by atoms with van der Waals surface area (Å²) in [7, 11) is 0. The van der Waals surface area contributed by atoms with Crippen LogP contribution in [-0.4, -0.2) is 10.5 Å². The minimum Gasteiger partial charge on any atom is -0.397 e. The Kier molecular flexibility index (Phi) is 3.41. The summed E-state index contributed by atoms with van der Waals surface area (Å²) in [6.45, 7) is 6.60. The first kappa shape index (κ1) is 12.7. The first-order chi connectivity index (χ1) is 8.53. The number of fused-ring (bicyclic) bond motifs is 1. The number of nitrogens with one attached hydrogen (secondary N) is 1. The zero-order valence-corrected chi connectivity index (χ0v) is 11.3. The number of rotatable bonds is 4. The number of nitrogens with two attached hydrogens (primary N) is 1. The van der Waals surface area contributed by atoms with Crippen LogP contribution in [0.5, 0.6) is 0 Å². The number of hydrogen-bond donors (Lipinski definition) is 2. The highest BCUT2D eigenvalue weighted by molar-refractivity contribution is 5.98. The van der Waals surface area contributed by atoms with E-state index in [4.69, 9.17) is 5.73 Å². The number of pyridine rings is 1. The summed E-state index contributed by atoms with van der Waals surface area (Å²) in [6.07, 6.45) is 5.88. The topological polar surface area (TPSA) is 50.9 Å². The lowest BCUT2D eigenvalue weighted by molar-refractivity contribution is 0.511. The van der Waals surface area contributed by atoms with E-state index in [0.29, 0.717) is 0 Å². The van der Waals surface area contributed by atoms with Gasteiger partial charge in [-0.05, 0) is 32.4 Å². The van der Waals surface area contributed by atoms with Gasteiger partial charge in [-0.3, -0.25) is 4.98 Å². The van der Waals surface area contributed by atoms with Crippen LogP contribution >= 0.6 is 0 Å². The molecule has 1 heterocycles. The van der Waals surface area contributed by atoms with Gasteiger partial charge in [-0.1, -0.05) is 19.4 Å². The number of nitrogen functional groups attached to an aromatic ring is 1. The van der Waals surface area contributed by atoms with Crippen LogP contribution in [0.1, 0.15) is 33.6 Å². The monoisotopic (exact) mass is 243 g/mol. The lowest BCUT2D eigenvalue weighted by atomic mass is 9.98. The zero-order valence-electron chi connectivity index (χ0n) is 11.3. The third-order valence-corrected chi connectivity index (χ3v) is 3.21. The zero-order chi connectivity index (χ0) is 13.2. The second-order valence-electron chi connectivity index (χ2n) is 5.38. The fourth-order valence-electron chi connectivity index (χ4n) is 2.35. The Morgan fingerprint density at radius 3 is 2.78 bits per heavy atom. The van der Waals surface area contributed by atoms with Gasteiger partial charge in [0.05, 0.1) is 11.4 Å². The number of benzene rings is 1. The maximum atomic E-state index is 6.23. The summed E-state index contributed by atoms with van der Waals surface area (Å²) in [5.74, 6) is 0. The molecule has 0 amide bonds. The minimum absolute atomic E-state index is 0.0591. The predicted octanol–water partition coefficient (Wildman–Crippen LogP) is 3.81. The molecule has 0 atom stereocenters. The maximum Gasteiger partial charge on any atom is 0.0630 e. The van der Waals surface area contributed by atoms with Crippen molar-refractivity contribution in [2.45, 2.75) is 39.2 Å². The molecule has 0 aliphatic carbocycles. The third-order valence-electron chi connectivity index (χ3n) is 3.21. The molecule has 2 aromatic rings. The summed E-state index contributed by atoms with van der Waals surface area (Å²) in [5, 5.41) is 5.67. The van der Waals surface area contributed by atoms with Crippen LogP contribution in [0.3, 0.4) is 0 Å². The van der Waals surface area contributed by atoms with E-state index in [1.165, 1.54) is 0 Å². The molecule has 18 heavy (non-hydrogen) atoms. The second-order valence-corrected chi connectivity index (χ2v) is 5.38. The van der Waals surface area contributed by atoms with Crippen LogP contribution in [0, 0.1) is 0 Å². The fraction of sp³-hybridized carbons (Fsp3) is 0.400. The van der Waals surface area contributed by atoms with Gasteiger partial charge in [0.1, 0.15) is 0 Å². The Morgan fingerprint density at radius 2 is 2.06 bits per heavy atom. The molecule has 0 radical (unpaired) electrons. The Balaban J connectivity index is 2.37. The number of hydrogen-bond acceptors (Lipinski definition) is 3. The van der Waals surface area contributed by atoms with E-state index in [2.05, 4.69) is 37.1 Å². The Bertz CT molecular complexity index is 546. The molecule has 96 valence electrons. The van der Waals surface area contributed by atoms with Crippen LogP contribution in [-0.2, 0) is 0 Å². The van der Waals surface area contributed by atoms with Crippen molar-refractivity contribution in [1.82, 2.24) is 4.98 Å². The van der Waals surface area contributed by atoms with Crippen LogP contribution in [0.15, 0.2) is 30.6 Å². The highest BCUT2D eigenvalue weighted by Crippen LogP contribution is 2.30. The molecule has 0 saturated heterocycles. The molecule has 2 rings (SSSR count). The van der Waals surface area contributed by atoms with E-state index in [0.717, 1.165) is 35.0 Å². The number of anilines is 2. The third kappa shape index (κ3) is 2.55. The van der Waals surface area contributed by atoms with E-state index < -0.39 is 0 Å². The Morgan fingerprint density at radius 1 is 1.28 bits per heavy atom. The minimum atomic E-state index is 0.0591. The first-order valence-corrected chi connectivity index (χ1v) is 6.44. The maximum absolute atomic E-state index is 6.23. The van der Waals surface area contributed by atoms with E-state index >= 15 is 0 Å². The molecule has 0 unspecified atom stereocenters. The van der Waals surface area contributed by atoms with E-state index in [1.54, 1.807) is 6.20 Å². The van der Waals surface area contributed by atoms with E-state index in [9.17, 15) is 0 Å². The van der Waals surface area contributed by atoms with Crippen molar-refractivity contribution in [2.24, 2.45) is 0 Å². The summed E-state index contributed by atoms with van der Waals surface area (Å²) in [5.41, 5.74) is 8.10. The molecule has 0 aliphatic heterocycles. The van der Waals surface area contributed by atoms with Gasteiger partial charge in [-0.25, -0.2) is 0 Å². The molecular weight excluding hydrogens is 222 g/mol. The lowest BCUT2D eigenvalue weighted by Crippen LogP contribution is -2.30. The van der Waals surface area contributed by atoms with Crippen molar-refractivity contribution in [3.8, 4) is 0 Å². The molecule has 0 fully saturated rings. The number of aromatic nitrogens is 1. The molecule has 3 N–H and O–H groups in total. The molecule has 0 spiro atoms. The molecule has 3 heteroatoms. The lowest BCUT2D eigenvalue weighted by Gasteiger charge is -2.28. The first-order valence-electron chi connectivity index (χ1n) is 6.44. The van der Waals surface area contributed by atoms with Crippen molar-refractivity contribution >= 4 is 22.1 Å². The Hall–Kier alpha value is -1.77. The SMILES string of the molecule is CCCC(C)(C)Nc1ccc2cnccc2c1N. The van der Waals surface area contributed by atoms with Gasteiger partial charge in [0, 0.05) is 28.7 Å². The molecule has 1 aromatic carbocycles. The molecule has 0 bridgehead atoms. The highest BCUT2D eigenvalue weighted by atomic mass is 15.0. The van der Waals surface area contributed by atoms with Crippen molar-refractivity contribution in [2.75, 3.05) is 11.1 Å². The largest absolute Gasteiger partial charge is 0.397 e. The fourth-order valence-corrected chi connectivity index (χ4v) is 2.35. The van der Waals surface area contributed by atoms with Crippen molar-refractivity contribution in [1.29, 1.82) is 0 Å². The van der Waals surface area contributed by atoms with Crippen molar-refractivity contribution in [3.63, 3.8) is 0 Å². The molecule has 0 aliphatic rings. The summed E-state index contributed by atoms with van der Waals surface area (Å²) < 4.78 is 0. The van der Waals surface area contributed by atoms with Crippen molar-refractivity contribution < 1.29 is 0 Å². The van der Waals surface area contributed by atoms with Crippen molar-refractivity contribution in [3.05, 3.63) is 30.6 Å². The van der Waals surface area contributed by atoms with Gasteiger partial charge >= 0.3 is 0 Å². The molecule has 0 saturated carbocycles. The quantitative estimate of drug-likeness (QED) is 0.803. The van der Waals surface area contributed by atoms with Crippen LogP contribution in [0.25, 0.3) is 10.8 Å². The van der Waals surface area contributed by atoms with Gasteiger partial charge in [-0.15, -0.1) is 0 Å². The van der Waals surface area contributed by atoms with Gasteiger partial charge in [0.2, 0.25) is 0 Å². The van der Waals surface area contributed by atoms with Gasteiger partial charge < -0.3 is 11.1 Å². The average Bonchev–Trinajstić information content (AvgIpc) is 2.33. The highest BCUT2D eigenvalue weighted by Gasteiger charge is 2.17. The molecule has 3 nitrogen and oxygen atoms in total. The van der Waals surface area contributed by atoms with Crippen LogP contribution < -0.4 is 11.1 Å². The predicted molar refractivity (Wildman–Crippen MR) is 78.8 cm³/mol. The van der Waals surface area contributed by atoms with E-state index in [-0.39, 0.29) is 5.54 Å². The smallest absolute Gasteiger partial charge is 0.0630 e. The normalized spacial score (nSPS) is 11.7. The summed E-state index contributed by atoms with van der Waals surface area (Å²) in [4.78, 5) is 4.11. The van der Waals surface area contributed by atoms with Crippen LogP contribution in [0.2, 0.25) is 0 Å². The standard InChI is InChI=1S/C15H21N3/c1-4-8-15(2,3)18-13-6-5-11-10-17-9-7-12(11)14(13)16/h5-7,9-10,18H,4,8,16H2,1-3H3. The van der Waals surface area contributed by atoms with Gasteiger partial charge in [0.25, 0.3) is 0 Å². The van der Waals surface area contributed by atoms with Gasteiger partial charge in [0.15, 0.2) is 0 Å². The number of nitrogens with zero attached hydrogens (tertiary/aromatic N) is 1. The summed E-state index contributed by atoms with van der Waals surface area (Å²) >= 11 is 0. The molecular formula is C15H21N3. The van der Waals surface area contributed by atoms with Crippen LogP contribution in [0.4, 0.5) is 11.4 Å². The Labute approximate surface area is 108 Å². The second kappa shape index (κ2) is 4.84. The van der Waals surface area contributed by atoms with Gasteiger partial charge in [-0.2, -0.15) is 0 Å². The summed E-state index contributed by atoms with van der Waals surface area (Å²) in [6, 6.07) is 6.06. The van der Waals surface area contributed by atoms with E-state index in [1.807, 2.05) is 18.3 Å². The molecule has 1 aromatic heterocycles.